The first kappa shape index (κ1) is 12.5. The van der Waals surface area contributed by atoms with Gasteiger partial charge in [-0.05, 0) is 18.2 Å². The number of aliphatic hydroxyl groups is 1. The summed E-state index contributed by atoms with van der Waals surface area (Å²) < 4.78 is 32.2. The highest BCUT2D eigenvalue weighted by atomic mass is 19.1. The summed E-state index contributed by atoms with van der Waals surface area (Å²) in [6.45, 7) is 0. The van der Waals surface area contributed by atoms with Crippen LogP contribution >= 0.6 is 0 Å². The Kier molecular flexibility index (Phi) is 3.58. The lowest BCUT2D eigenvalue weighted by Gasteiger charge is -2.16. The second kappa shape index (κ2) is 5.14. The molecule has 94 valence electrons. The third-order valence-corrected chi connectivity index (χ3v) is 2.71. The van der Waals surface area contributed by atoms with E-state index in [4.69, 9.17) is 4.74 Å². The lowest BCUT2D eigenvalue weighted by Crippen LogP contribution is -2.07. The zero-order chi connectivity index (χ0) is 13.1. The van der Waals surface area contributed by atoms with Gasteiger partial charge >= 0.3 is 0 Å². The Morgan fingerprint density at radius 3 is 2.22 bits per heavy atom. The van der Waals surface area contributed by atoms with Crippen LogP contribution in [0.4, 0.5) is 8.78 Å². The molecule has 4 heteroatoms. The summed E-state index contributed by atoms with van der Waals surface area (Å²) in [7, 11) is 1.43. The van der Waals surface area contributed by atoms with Crippen LogP contribution < -0.4 is 4.74 Å². The Hall–Kier alpha value is -1.94. The van der Waals surface area contributed by atoms with Gasteiger partial charge < -0.3 is 9.84 Å². The second-order valence-electron chi connectivity index (χ2n) is 3.78. The lowest BCUT2D eigenvalue weighted by molar-refractivity contribution is 0.204. The zero-order valence-corrected chi connectivity index (χ0v) is 9.73. The molecule has 2 aromatic carbocycles. The number of para-hydroxylation sites is 1. The molecule has 0 aromatic heterocycles. The van der Waals surface area contributed by atoms with Crippen molar-refractivity contribution >= 4 is 0 Å². The maximum absolute atomic E-state index is 13.6. The van der Waals surface area contributed by atoms with Crippen LogP contribution in [0.2, 0.25) is 0 Å². The number of rotatable bonds is 3. The number of halogens is 2. The van der Waals surface area contributed by atoms with E-state index >= 15 is 0 Å². The molecule has 18 heavy (non-hydrogen) atoms. The van der Waals surface area contributed by atoms with E-state index in [1.54, 1.807) is 24.3 Å². The first-order valence-corrected chi connectivity index (χ1v) is 5.40. The van der Waals surface area contributed by atoms with Gasteiger partial charge in [-0.2, -0.15) is 0 Å². The van der Waals surface area contributed by atoms with Crippen molar-refractivity contribution in [3.05, 3.63) is 65.2 Å². The molecule has 2 nitrogen and oxygen atoms in total. The van der Waals surface area contributed by atoms with Crippen LogP contribution in [0.25, 0.3) is 0 Å². The Labute approximate surface area is 103 Å². The molecular formula is C14H12F2O2. The van der Waals surface area contributed by atoms with Gasteiger partial charge in [0.15, 0.2) is 0 Å². The van der Waals surface area contributed by atoms with Gasteiger partial charge in [0.1, 0.15) is 23.5 Å². The summed E-state index contributed by atoms with van der Waals surface area (Å²) in [5, 5.41) is 10.1. The smallest absolute Gasteiger partial charge is 0.132 e. The van der Waals surface area contributed by atoms with Gasteiger partial charge in [-0.1, -0.05) is 24.3 Å². The molecule has 0 heterocycles. The van der Waals surface area contributed by atoms with Crippen molar-refractivity contribution in [1.82, 2.24) is 0 Å². The minimum absolute atomic E-state index is 0.323. The summed E-state index contributed by atoms with van der Waals surface area (Å²) in [5.41, 5.74) is -0.0500. The normalized spacial score (nSPS) is 12.2. The fraction of sp³-hybridized carbons (Fsp3) is 0.143. The van der Waals surface area contributed by atoms with Gasteiger partial charge in [0.25, 0.3) is 0 Å². The van der Waals surface area contributed by atoms with Crippen LogP contribution in [-0.4, -0.2) is 12.2 Å². The van der Waals surface area contributed by atoms with Gasteiger partial charge in [0.05, 0.1) is 12.7 Å². The van der Waals surface area contributed by atoms with E-state index in [0.29, 0.717) is 11.3 Å². The van der Waals surface area contributed by atoms with Gasteiger partial charge in [-0.3, -0.25) is 0 Å². The van der Waals surface area contributed by atoms with Gasteiger partial charge in [-0.25, -0.2) is 8.78 Å². The predicted octanol–water partition coefficient (Wildman–Crippen LogP) is 3.06. The van der Waals surface area contributed by atoms with Gasteiger partial charge in [0.2, 0.25) is 0 Å². The maximum atomic E-state index is 13.6. The standard InChI is InChI=1S/C14H12F2O2/c1-18-12-8-3-2-5-9(12)14(17)13-10(15)6-4-7-11(13)16/h2-8,14,17H,1H3. The molecular weight excluding hydrogens is 238 g/mol. The van der Waals surface area contributed by atoms with Crippen molar-refractivity contribution in [3.63, 3.8) is 0 Å². The Bertz CT molecular complexity index is 535. The molecule has 1 N–H and O–H groups in total. The molecule has 0 bridgehead atoms. The summed E-state index contributed by atoms with van der Waals surface area (Å²) in [4.78, 5) is 0. The molecule has 0 fully saturated rings. The highest BCUT2D eigenvalue weighted by Gasteiger charge is 2.21. The minimum Gasteiger partial charge on any atom is -0.496 e. The van der Waals surface area contributed by atoms with Crippen molar-refractivity contribution in [2.45, 2.75) is 6.10 Å². The van der Waals surface area contributed by atoms with Crippen LogP contribution in [0.1, 0.15) is 17.2 Å². The molecule has 0 aliphatic carbocycles. The summed E-state index contributed by atoms with van der Waals surface area (Å²) in [6, 6.07) is 10.0. The molecule has 0 spiro atoms. The number of ether oxygens (including phenoxy) is 1. The van der Waals surface area contributed by atoms with Crippen LogP contribution in [0, 0.1) is 11.6 Å². The summed E-state index contributed by atoms with van der Waals surface area (Å²) in [5.74, 6) is -1.19. The fourth-order valence-corrected chi connectivity index (χ4v) is 1.82. The summed E-state index contributed by atoms with van der Waals surface area (Å²) >= 11 is 0. The van der Waals surface area contributed by atoms with Gasteiger partial charge in [0, 0.05) is 5.56 Å². The molecule has 0 amide bonds. The Morgan fingerprint density at radius 2 is 1.61 bits per heavy atom. The number of hydrogen-bond donors (Lipinski definition) is 1. The lowest BCUT2D eigenvalue weighted by atomic mass is 9.99. The van der Waals surface area contributed by atoms with Gasteiger partial charge in [-0.15, -0.1) is 0 Å². The second-order valence-corrected chi connectivity index (χ2v) is 3.78. The highest BCUT2D eigenvalue weighted by molar-refractivity contribution is 5.40. The number of benzene rings is 2. The minimum atomic E-state index is -1.40. The SMILES string of the molecule is COc1ccccc1C(O)c1c(F)cccc1F. The molecule has 0 radical (unpaired) electrons. The maximum Gasteiger partial charge on any atom is 0.132 e. The fourth-order valence-electron chi connectivity index (χ4n) is 1.82. The number of hydrogen-bond acceptors (Lipinski definition) is 2. The molecule has 1 atom stereocenters. The van der Waals surface area contributed by atoms with E-state index in [1.165, 1.54) is 13.2 Å². The third kappa shape index (κ3) is 2.19. The molecule has 0 saturated carbocycles. The molecule has 2 rings (SSSR count). The Morgan fingerprint density at radius 1 is 1.00 bits per heavy atom. The summed E-state index contributed by atoms with van der Waals surface area (Å²) in [6.07, 6.45) is -1.40. The molecule has 0 aliphatic heterocycles. The average Bonchev–Trinajstić information content (AvgIpc) is 2.38. The van der Waals surface area contributed by atoms with E-state index in [2.05, 4.69) is 0 Å². The topological polar surface area (TPSA) is 29.5 Å². The first-order chi connectivity index (χ1) is 8.65. The Balaban J connectivity index is 2.51. The van der Waals surface area contributed by atoms with Crippen molar-refractivity contribution in [3.8, 4) is 5.75 Å². The van der Waals surface area contributed by atoms with E-state index in [1.807, 2.05) is 0 Å². The van der Waals surface area contributed by atoms with E-state index in [9.17, 15) is 13.9 Å². The van der Waals surface area contributed by atoms with E-state index in [0.717, 1.165) is 12.1 Å². The monoisotopic (exact) mass is 250 g/mol. The van der Waals surface area contributed by atoms with E-state index < -0.39 is 17.7 Å². The van der Waals surface area contributed by atoms with Crippen LogP contribution in [0.5, 0.6) is 5.75 Å². The zero-order valence-electron chi connectivity index (χ0n) is 9.73. The quantitative estimate of drug-likeness (QED) is 0.907. The van der Waals surface area contributed by atoms with E-state index in [-0.39, 0.29) is 5.56 Å². The highest BCUT2D eigenvalue weighted by Crippen LogP contribution is 2.32. The number of aliphatic hydroxyl groups excluding tert-OH is 1. The van der Waals surface area contributed by atoms with Crippen molar-refractivity contribution in [2.75, 3.05) is 7.11 Å². The third-order valence-electron chi connectivity index (χ3n) is 2.71. The first-order valence-electron chi connectivity index (χ1n) is 5.40. The van der Waals surface area contributed by atoms with Crippen molar-refractivity contribution in [1.29, 1.82) is 0 Å². The van der Waals surface area contributed by atoms with Crippen molar-refractivity contribution < 1.29 is 18.6 Å². The average molecular weight is 250 g/mol. The largest absolute Gasteiger partial charge is 0.496 e. The van der Waals surface area contributed by atoms with Crippen molar-refractivity contribution in [2.24, 2.45) is 0 Å². The number of methoxy groups -OCH3 is 1. The molecule has 0 aliphatic rings. The van der Waals surface area contributed by atoms with Crippen LogP contribution in [0.3, 0.4) is 0 Å². The predicted molar refractivity (Wildman–Crippen MR) is 63.4 cm³/mol. The van der Waals surface area contributed by atoms with Crippen LogP contribution in [-0.2, 0) is 0 Å². The molecule has 0 saturated heterocycles. The van der Waals surface area contributed by atoms with Crippen LogP contribution in [0.15, 0.2) is 42.5 Å². The molecule has 2 aromatic rings. The molecule has 1 unspecified atom stereocenters.